The molecule has 0 amide bonds. The number of hydrogen-bond donors (Lipinski definition) is 0. The van der Waals surface area contributed by atoms with Crippen LogP contribution in [-0.2, 0) is 0 Å². The van der Waals surface area contributed by atoms with Crippen molar-refractivity contribution in [3.05, 3.63) is 11.4 Å². The molecule has 0 N–H and O–H groups in total. The Kier molecular flexibility index (Phi) is 8.09. The summed E-state index contributed by atoms with van der Waals surface area (Å²) in [5.74, 6) is 0.889. The van der Waals surface area contributed by atoms with Crippen LogP contribution in [0, 0.1) is 5.92 Å². The number of rotatable bonds is 6. The van der Waals surface area contributed by atoms with Crippen molar-refractivity contribution in [1.82, 2.24) is 9.34 Å². The molecule has 0 atom stereocenters. The first-order valence-electron chi connectivity index (χ1n) is 10.9. The number of piperidine rings is 2. The summed E-state index contributed by atoms with van der Waals surface area (Å²) in [7, 11) is -0.163. The second-order valence-electron chi connectivity index (χ2n) is 8.12. The van der Waals surface area contributed by atoms with Crippen LogP contribution in [0.4, 0.5) is 0 Å². The average molecular weight is 351 g/mol. The zero-order chi connectivity index (χ0) is 16.6. The molecule has 0 bridgehead atoms. The standard InChI is InChI=1S/C21H39N2P/c1-2-12-21(19-20-13-6-3-7-14-20)24(22-15-8-4-9-16-22)23-17-10-5-11-18-23/h19-20H,2-18H2,1H3. The summed E-state index contributed by atoms with van der Waals surface area (Å²) in [6.45, 7) is 7.80. The molecule has 3 aliphatic rings. The Balaban J connectivity index is 1.79. The van der Waals surface area contributed by atoms with Crippen molar-refractivity contribution in [2.45, 2.75) is 90.4 Å². The molecule has 24 heavy (non-hydrogen) atoms. The minimum absolute atomic E-state index is 0.163. The van der Waals surface area contributed by atoms with Gasteiger partial charge in [0.15, 0.2) is 0 Å². The minimum atomic E-state index is -0.163. The van der Waals surface area contributed by atoms with Gasteiger partial charge in [-0.1, -0.05) is 51.5 Å². The molecular formula is C21H39N2P. The van der Waals surface area contributed by atoms with Gasteiger partial charge in [-0.25, -0.2) is 0 Å². The highest BCUT2D eigenvalue weighted by atomic mass is 31.1. The average Bonchev–Trinajstić information content (AvgIpc) is 2.65. The van der Waals surface area contributed by atoms with Crippen LogP contribution >= 0.6 is 8.22 Å². The molecule has 0 radical (unpaired) electrons. The third kappa shape index (κ3) is 5.29. The van der Waals surface area contributed by atoms with Crippen LogP contribution < -0.4 is 0 Å². The lowest BCUT2D eigenvalue weighted by Crippen LogP contribution is -2.35. The van der Waals surface area contributed by atoms with E-state index >= 15 is 0 Å². The predicted molar refractivity (Wildman–Crippen MR) is 107 cm³/mol. The second-order valence-corrected chi connectivity index (χ2v) is 10.4. The van der Waals surface area contributed by atoms with Gasteiger partial charge in [-0.2, -0.15) is 0 Å². The van der Waals surface area contributed by atoms with Gasteiger partial charge in [-0.3, -0.25) is 9.34 Å². The van der Waals surface area contributed by atoms with Crippen molar-refractivity contribution in [2.75, 3.05) is 26.2 Å². The fourth-order valence-corrected chi connectivity index (χ4v) is 7.93. The van der Waals surface area contributed by atoms with E-state index in [1.54, 1.807) is 0 Å². The van der Waals surface area contributed by atoms with Gasteiger partial charge in [0.1, 0.15) is 0 Å². The van der Waals surface area contributed by atoms with Crippen LogP contribution in [-0.4, -0.2) is 35.5 Å². The molecule has 0 unspecified atom stereocenters. The lowest BCUT2D eigenvalue weighted by atomic mass is 9.89. The third-order valence-corrected chi connectivity index (χ3v) is 8.80. The van der Waals surface area contributed by atoms with Crippen molar-refractivity contribution in [3.8, 4) is 0 Å². The van der Waals surface area contributed by atoms with Gasteiger partial charge in [-0.05, 0) is 56.2 Å². The Morgan fingerprint density at radius 3 is 1.79 bits per heavy atom. The quantitative estimate of drug-likeness (QED) is 0.502. The highest BCUT2D eigenvalue weighted by Crippen LogP contribution is 2.56. The van der Waals surface area contributed by atoms with Crippen LogP contribution in [0.1, 0.15) is 90.4 Å². The first kappa shape index (κ1) is 18.9. The van der Waals surface area contributed by atoms with Crippen LogP contribution in [0.25, 0.3) is 0 Å². The molecule has 0 aromatic heterocycles. The van der Waals surface area contributed by atoms with E-state index in [2.05, 4.69) is 22.3 Å². The predicted octanol–water partition coefficient (Wildman–Crippen LogP) is 6.53. The highest BCUT2D eigenvalue weighted by molar-refractivity contribution is 7.57. The van der Waals surface area contributed by atoms with Crippen molar-refractivity contribution in [2.24, 2.45) is 5.92 Å². The number of hydrogen-bond acceptors (Lipinski definition) is 2. The van der Waals surface area contributed by atoms with Crippen molar-refractivity contribution in [1.29, 1.82) is 0 Å². The van der Waals surface area contributed by atoms with Gasteiger partial charge >= 0.3 is 0 Å². The van der Waals surface area contributed by atoms with Gasteiger partial charge in [-0.15, -0.1) is 0 Å². The van der Waals surface area contributed by atoms with E-state index in [4.69, 9.17) is 0 Å². The molecule has 1 aliphatic carbocycles. The molecule has 3 rings (SSSR count). The molecular weight excluding hydrogens is 311 g/mol. The monoisotopic (exact) mass is 350 g/mol. The van der Waals surface area contributed by atoms with Crippen molar-refractivity contribution < 1.29 is 0 Å². The van der Waals surface area contributed by atoms with E-state index in [-0.39, 0.29) is 8.22 Å². The fraction of sp³-hybridized carbons (Fsp3) is 0.905. The molecule has 138 valence electrons. The van der Waals surface area contributed by atoms with E-state index < -0.39 is 0 Å². The summed E-state index contributed by atoms with van der Waals surface area (Å²) in [6.07, 6.45) is 21.4. The Morgan fingerprint density at radius 2 is 1.29 bits per heavy atom. The summed E-state index contributed by atoms with van der Waals surface area (Å²) in [5.41, 5.74) is 0. The fourth-order valence-electron chi connectivity index (χ4n) is 4.75. The molecule has 0 spiro atoms. The first-order valence-corrected chi connectivity index (χ1v) is 12.1. The van der Waals surface area contributed by atoms with E-state index in [9.17, 15) is 0 Å². The van der Waals surface area contributed by atoms with Crippen LogP contribution in [0.15, 0.2) is 11.4 Å². The number of allylic oxidation sites excluding steroid dienone is 2. The van der Waals surface area contributed by atoms with Crippen molar-refractivity contribution >= 4 is 8.22 Å². The van der Waals surface area contributed by atoms with Gasteiger partial charge in [0.2, 0.25) is 0 Å². The molecule has 3 fully saturated rings. The molecule has 3 heteroatoms. The third-order valence-electron chi connectivity index (χ3n) is 6.04. The van der Waals surface area contributed by atoms with Gasteiger partial charge in [0.05, 0.1) is 8.22 Å². The Hall–Kier alpha value is 0.0900. The van der Waals surface area contributed by atoms with Gasteiger partial charge in [0.25, 0.3) is 0 Å². The summed E-state index contributed by atoms with van der Waals surface area (Å²) in [5, 5.41) is 1.85. The zero-order valence-corrected chi connectivity index (χ0v) is 16.9. The molecule has 2 saturated heterocycles. The lowest BCUT2D eigenvalue weighted by molar-refractivity contribution is 0.312. The Morgan fingerprint density at radius 1 is 0.792 bits per heavy atom. The summed E-state index contributed by atoms with van der Waals surface area (Å²) in [6, 6.07) is 0. The van der Waals surface area contributed by atoms with Gasteiger partial charge < -0.3 is 0 Å². The van der Waals surface area contributed by atoms with E-state index in [0.717, 1.165) is 5.92 Å². The lowest BCUT2D eigenvalue weighted by Gasteiger charge is -2.44. The maximum Gasteiger partial charge on any atom is 0.0678 e. The van der Waals surface area contributed by atoms with Crippen LogP contribution in [0.5, 0.6) is 0 Å². The maximum absolute atomic E-state index is 2.91. The zero-order valence-electron chi connectivity index (χ0n) is 16.0. The molecule has 2 aliphatic heterocycles. The Bertz CT molecular complexity index is 359. The van der Waals surface area contributed by atoms with Crippen molar-refractivity contribution in [3.63, 3.8) is 0 Å². The second kappa shape index (κ2) is 10.3. The summed E-state index contributed by atoms with van der Waals surface area (Å²) < 4.78 is 5.82. The van der Waals surface area contributed by atoms with Crippen LogP contribution in [0.2, 0.25) is 0 Å². The van der Waals surface area contributed by atoms with Gasteiger partial charge in [0, 0.05) is 26.2 Å². The van der Waals surface area contributed by atoms with E-state index in [1.165, 1.54) is 110 Å². The van der Waals surface area contributed by atoms with E-state index in [1.807, 2.05) is 5.31 Å². The van der Waals surface area contributed by atoms with Crippen LogP contribution in [0.3, 0.4) is 0 Å². The molecule has 0 aromatic carbocycles. The topological polar surface area (TPSA) is 6.48 Å². The smallest absolute Gasteiger partial charge is 0.0678 e. The highest BCUT2D eigenvalue weighted by Gasteiger charge is 2.31. The molecule has 1 saturated carbocycles. The summed E-state index contributed by atoms with van der Waals surface area (Å²) >= 11 is 0. The molecule has 2 heterocycles. The largest absolute Gasteiger partial charge is 0.267 e. The SMILES string of the molecule is CCCC(=CC1CCCCC1)P(N1CCCCC1)N1CCCCC1. The first-order chi connectivity index (χ1) is 11.9. The normalized spacial score (nSPS) is 26.2. The molecule has 2 nitrogen and oxygen atoms in total. The molecule has 0 aromatic rings. The minimum Gasteiger partial charge on any atom is -0.267 e. The number of nitrogens with zero attached hydrogens (tertiary/aromatic N) is 2. The van der Waals surface area contributed by atoms with E-state index in [0.29, 0.717) is 0 Å². The maximum atomic E-state index is 2.91. The Labute approximate surface area is 151 Å². The summed E-state index contributed by atoms with van der Waals surface area (Å²) in [4.78, 5) is 0.